The maximum Gasteiger partial charge on any atom is 0.202 e. The molecule has 4 heteroatoms. The minimum atomic E-state index is -0.988. The number of ether oxygens (including phenoxy) is 1. The first-order chi connectivity index (χ1) is 7.90. The molecule has 1 atom stereocenters. The number of ketones is 1. The summed E-state index contributed by atoms with van der Waals surface area (Å²) in [6.45, 7) is 3.49. The zero-order valence-electron chi connectivity index (χ0n) is 10.0. The Bertz CT molecular complexity index is 472. The number of carbonyl (C=O) groups excluding carboxylic acids is 1. The fourth-order valence-corrected chi connectivity index (χ4v) is 2.12. The van der Waals surface area contributed by atoms with Gasteiger partial charge < -0.3 is 9.29 Å². The van der Waals surface area contributed by atoms with Crippen molar-refractivity contribution >= 4 is 22.7 Å². The first-order valence-electron chi connectivity index (χ1n) is 5.29. The van der Waals surface area contributed by atoms with E-state index in [1.165, 1.54) is 6.08 Å². The Morgan fingerprint density at radius 1 is 1.24 bits per heavy atom. The first kappa shape index (κ1) is 12.2. The van der Waals surface area contributed by atoms with Gasteiger partial charge in [0.1, 0.15) is 12.0 Å². The lowest BCUT2D eigenvalue weighted by molar-refractivity contribution is -0.125. The summed E-state index contributed by atoms with van der Waals surface area (Å²) >= 11 is -0.988. The van der Waals surface area contributed by atoms with Crippen molar-refractivity contribution in [2.24, 2.45) is 0 Å². The molecule has 1 aliphatic rings. The molecule has 0 N–H and O–H groups in total. The predicted octanol–water partition coefficient (Wildman–Crippen LogP) is 2.14. The Labute approximate surface area is 104 Å². The first-order valence-corrected chi connectivity index (χ1v) is 6.85. The van der Waals surface area contributed by atoms with Crippen molar-refractivity contribution in [1.82, 2.24) is 0 Å². The van der Waals surface area contributed by atoms with Gasteiger partial charge in [-0.15, -0.1) is 0 Å². The lowest BCUT2D eigenvalue weighted by Crippen LogP contribution is -2.27. The van der Waals surface area contributed by atoms with E-state index in [0.717, 1.165) is 10.5 Å². The van der Waals surface area contributed by atoms with Gasteiger partial charge >= 0.3 is 0 Å². The molecule has 1 aromatic carbocycles. The van der Waals surface area contributed by atoms with Crippen molar-refractivity contribution in [2.75, 3.05) is 6.26 Å². The van der Waals surface area contributed by atoms with Crippen LogP contribution in [0.1, 0.15) is 19.4 Å². The summed E-state index contributed by atoms with van der Waals surface area (Å²) in [7, 11) is 0. The van der Waals surface area contributed by atoms with Crippen LogP contribution in [-0.4, -0.2) is 22.2 Å². The van der Waals surface area contributed by atoms with Gasteiger partial charge in [-0.3, -0.25) is 4.79 Å². The van der Waals surface area contributed by atoms with Crippen LogP contribution in [0.3, 0.4) is 0 Å². The van der Waals surface area contributed by atoms with Crippen LogP contribution in [0.15, 0.2) is 35.2 Å². The summed E-state index contributed by atoms with van der Waals surface area (Å²) in [6, 6.07) is 7.20. The molecule has 0 fully saturated rings. The highest BCUT2D eigenvalue weighted by Gasteiger charge is 2.35. The molecular formula is C13H14O3S. The highest BCUT2D eigenvalue weighted by Crippen LogP contribution is 2.31. The van der Waals surface area contributed by atoms with Gasteiger partial charge in [-0.2, -0.15) is 0 Å². The normalized spacial score (nSPS) is 19.8. The molecule has 0 aliphatic carbocycles. The van der Waals surface area contributed by atoms with E-state index in [9.17, 15) is 9.35 Å². The van der Waals surface area contributed by atoms with Gasteiger partial charge in [0, 0.05) is 11.6 Å². The third-order valence-corrected chi connectivity index (χ3v) is 3.63. The quantitative estimate of drug-likeness (QED) is 0.756. The molecule has 2 rings (SSSR count). The van der Waals surface area contributed by atoms with Crippen LogP contribution in [0.2, 0.25) is 0 Å². The van der Waals surface area contributed by atoms with Gasteiger partial charge in [0.05, 0.1) is 0 Å². The standard InChI is InChI=1S/C13H14O3S/c1-13(2)12(14)8-11(16-13)9-4-6-10(7-5-9)17(3)15/h4-8H,1-3H3. The second-order valence-corrected chi connectivity index (χ2v) is 5.84. The molecule has 0 saturated carbocycles. The van der Waals surface area contributed by atoms with Crippen molar-refractivity contribution < 1.29 is 14.1 Å². The number of carbonyl (C=O) groups is 1. The van der Waals surface area contributed by atoms with Crippen molar-refractivity contribution in [3.05, 3.63) is 35.9 Å². The molecule has 17 heavy (non-hydrogen) atoms. The van der Waals surface area contributed by atoms with Crippen molar-refractivity contribution in [3.8, 4) is 0 Å². The third kappa shape index (κ3) is 2.37. The van der Waals surface area contributed by atoms with Gasteiger partial charge in [0.2, 0.25) is 5.78 Å². The monoisotopic (exact) mass is 250 g/mol. The molecule has 1 aromatic rings. The van der Waals surface area contributed by atoms with E-state index >= 15 is 0 Å². The third-order valence-electron chi connectivity index (χ3n) is 2.69. The van der Waals surface area contributed by atoms with E-state index in [0.29, 0.717) is 5.76 Å². The highest BCUT2D eigenvalue weighted by atomic mass is 32.2. The van der Waals surface area contributed by atoms with E-state index in [4.69, 9.17) is 4.74 Å². The van der Waals surface area contributed by atoms with Crippen LogP contribution in [-0.2, 0) is 20.7 Å². The van der Waals surface area contributed by atoms with Crippen LogP contribution in [0.5, 0.6) is 0 Å². The number of hydrogen-bond acceptors (Lipinski definition) is 3. The number of rotatable bonds is 2. The number of benzene rings is 1. The summed E-state index contributed by atoms with van der Waals surface area (Å²) in [5.41, 5.74) is 0.0554. The predicted molar refractivity (Wildman–Crippen MR) is 66.9 cm³/mol. The van der Waals surface area contributed by atoms with Crippen LogP contribution < -0.4 is 0 Å². The molecular weight excluding hydrogens is 236 g/mol. The Hall–Kier alpha value is -1.26. The summed E-state index contributed by atoms with van der Waals surface area (Å²) in [5, 5.41) is 0. The largest absolute Gasteiger partial charge is 0.612 e. The van der Waals surface area contributed by atoms with Crippen molar-refractivity contribution in [2.45, 2.75) is 24.3 Å². The molecule has 90 valence electrons. The topological polar surface area (TPSA) is 49.4 Å². The van der Waals surface area contributed by atoms with Crippen LogP contribution >= 0.6 is 0 Å². The average Bonchev–Trinajstić information content (AvgIpc) is 2.54. The van der Waals surface area contributed by atoms with E-state index in [2.05, 4.69) is 0 Å². The molecule has 0 bridgehead atoms. The van der Waals surface area contributed by atoms with E-state index < -0.39 is 16.8 Å². The minimum Gasteiger partial charge on any atom is -0.612 e. The Kier molecular flexibility index (Phi) is 3.02. The number of hydrogen-bond donors (Lipinski definition) is 0. The molecule has 3 nitrogen and oxygen atoms in total. The summed E-state index contributed by atoms with van der Waals surface area (Å²) < 4.78 is 16.8. The van der Waals surface area contributed by atoms with Gasteiger partial charge in [0.15, 0.2) is 10.5 Å². The molecule has 1 heterocycles. The molecule has 1 unspecified atom stereocenters. The zero-order valence-corrected chi connectivity index (χ0v) is 10.8. The van der Waals surface area contributed by atoms with Crippen LogP contribution in [0.4, 0.5) is 0 Å². The molecule has 0 saturated heterocycles. The van der Waals surface area contributed by atoms with Crippen LogP contribution in [0.25, 0.3) is 5.76 Å². The minimum absolute atomic E-state index is 0.0318. The van der Waals surface area contributed by atoms with Gasteiger partial charge in [-0.05, 0) is 49.3 Å². The average molecular weight is 250 g/mol. The Morgan fingerprint density at radius 3 is 2.24 bits per heavy atom. The Balaban J connectivity index is 2.26. The maximum atomic E-state index is 11.6. The van der Waals surface area contributed by atoms with E-state index in [1.54, 1.807) is 32.2 Å². The summed E-state index contributed by atoms with van der Waals surface area (Å²) in [5.74, 6) is 0.545. The molecule has 1 aliphatic heterocycles. The van der Waals surface area contributed by atoms with Crippen molar-refractivity contribution in [3.63, 3.8) is 0 Å². The highest BCUT2D eigenvalue weighted by molar-refractivity contribution is 7.90. The SMILES string of the molecule is C[S+]([O-])c1ccc(C2=CC(=O)C(C)(C)O2)cc1. The molecule has 0 amide bonds. The van der Waals surface area contributed by atoms with E-state index in [1.807, 2.05) is 12.1 Å². The van der Waals surface area contributed by atoms with Crippen molar-refractivity contribution in [1.29, 1.82) is 0 Å². The van der Waals surface area contributed by atoms with Gasteiger partial charge in [-0.1, -0.05) is 0 Å². The molecule has 0 radical (unpaired) electrons. The van der Waals surface area contributed by atoms with Gasteiger partial charge in [-0.25, -0.2) is 0 Å². The molecule has 0 spiro atoms. The summed E-state index contributed by atoms with van der Waals surface area (Å²) in [6.07, 6.45) is 3.14. The lowest BCUT2D eigenvalue weighted by Gasteiger charge is -2.18. The lowest BCUT2D eigenvalue weighted by atomic mass is 10.1. The summed E-state index contributed by atoms with van der Waals surface area (Å²) in [4.78, 5) is 12.4. The Morgan fingerprint density at radius 2 is 1.82 bits per heavy atom. The fourth-order valence-electron chi connectivity index (χ4n) is 1.60. The zero-order chi connectivity index (χ0) is 12.6. The van der Waals surface area contributed by atoms with E-state index in [-0.39, 0.29) is 5.78 Å². The maximum absolute atomic E-state index is 11.6. The smallest absolute Gasteiger partial charge is 0.202 e. The van der Waals surface area contributed by atoms with Crippen LogP contribution in [0, 0.1) is 0 Å². The fraction of sp³-hybridized carbons (Fsp3) is 0.308. The van der Waals surface area contributed by atoms with Gasteiger partial charge in [0.25, 0.3) is 0 Å². The second-order valence-electron chi connectivity index (χ2n) is 4.46. The molecule has 0 aromatic heterocycles. The second kappa shape index (κ2) is 4.20.